The molecule has 0 radical (unpaired) electrons. The van der Waals surface area contributed by atoms with Gasteiger partial charge >= 0.3 is 0 Å². The molecule has 112 valence electrons. The first kappa shape index (κ1) is 13.4. The number of nitrogens with zero attached hydrogens (tertiary/aromatic N) is 3. The summed E-state index contributed by atoms with van der Waals surface area (Å²) in [6.45, 7) is 2.27. The number of piperidine rings is 1. The highest BCUT2D eigenvalue weighted by atomic mass is 35.5. The highest BCUT2D eigenvalue weighted by Crippen LogP contribution is 2.46. The molecule has 1 aliphatic carbocycles. The number of pyridine rings is 1. The number of hydrogen-bond donors (Lipinski definition) is 0. The van der Waals surface area contributed by atoms with Crippen molar-refractivity contribution in [3.63, 3.8) is 0 Å². The predicted molar refractivity (Wildman–Crippen MR) is 87.1 cm³/mol. The molecule has 0 unspecified atom stereocenters. The first-order valence-corrected chi connectivity index (χ1v) is 8.62. The minimum Gasteiger partial charge on any atom is -0.355 e. The molecule has 21 heavy (non-hydrogen) atoms. The molecule has 0 N–H and O–H groups in total. The summed E-state index contributed by atoms with van der Waals surface area (Å²) in [6.07, 6.45) is 10.4. The van der Waals surface area contributed by atoms with E-state index in [1.807, 2.05) is 12.1 Å². The Labute approximate surface area is 130 Å². The molecule has 0 amide bonds. The molecule has 2 fully saturated rings. The highest BCUT2D eigenvalue weighted by Gasteiger charge is 2.37. The Bertz CT molecular complexity index is 633. The third kappa shape index (κ3) is 2.22. The first-order chi connectivity index (χ1) is 10.3. The van der Waals surface area contributed by atoms with Crippen LogP contribution < -0.4 is 4.90 Å². The zero-order chi connectivity index (χ0) is 14.3. The summed E-state index contributed by atoms with van der Waals surface area (Å²) in [5, 5.41) is 0. The van der Waals surface area contributed by atoms with Gasteiger partial charge in [0.25, 0.3) is 0 Å². The lowest BCUT2D eigenvalue weighted by atomic mass is 9.77. The van der Waals surface area contributed by atoms with Gasteiger partial charge in [0.15, 0.2) is 5.82 Å². The molecule has 4 rings (SSSR count). The van der Waals surface area contributed by atoms with Crippen molar-refractivity contribution in [2.24, 2.45) is 5.41 Å². The van der Waals surface area contributed by atoms with Crippen molar-refractivity contribution in [2.45, 2.75) is 44.4 Å². The lowest BCUT2D eigenvalue weighted by molar-refractivity contribution is 0.226. The fourth-order valence-corrected chi connectivity index (χ4v) is 4.48. The van der Waals surface area contributed by atoms with Crippen molar-refractivity contribution in [1.82, 2.24) is 9.38 Å². The topological polar surface area (TPSA) is 20.5 Å². The number of anilines is 1. The quantitative estimate of drug-likeness (QED) is 0.774. The summed E-state index contributed by atoms with van der Waals surface area (Å²) in [7, 11) is 0. The Balaban J connectivity index is 1.62. The molecular weight excluding hydrogens is 282 g/mol. The Hall–Kier alpha value is -1.22. The van der Waals surface area contributed by atoms with E-state index < -0.39 is 0 Å². The van der Waals surface area contributed by atoms with Crippen LogP contribution in [0.4, 0.5) is 5.82 Å². The molecule has 1 saturated heterocycles. The van der Waals surface area contributed by atoms with Crippen molar-refractivity contribution in [2.75, 3.05) is 18.0 Å². The molecule has 1 spiro atoms. The summed E-state index contributed by atoms with van der Waals surface area (Å²) in [4.78, 5) is 7.28. The molecule has 3 heterocycles. The average molecular weight is 304 g/mol. The third-order valence-electron chi connectivity index (χ3n) is 5.52. The van der Waals surface area contributed by atoms with E-state index in [1.54, 1.807) is 0 Å². The summed E-state index contributed by atoms with van der Waals surface area (Å²) < 4.78 is 2.13. The number of imidazole rings is 1. The van der Waals surface area contributed by atoms with Crippen LogP contribution >= 0.6 is 11.6 Å². The van der Waals surface area contributed by atoms with E-state index in [4.69, 9.17) is 16.6 Å². The van der Waals surface area contributed by atoms with Crippen LogP contribution in [-0.2, 0) is 5.88 Å². The van der Waals surface area contributed by atoms with Gasteiger partial charge in [-0.2, -0.15) is 0 Å². The minimum absolute atomic E-state index is 0.516. The second-order valence-corrected chi connectivity index (χ2v) is 6.91. The van der Waals surface area contributed by atoms with E-state index in [0.717, 1.165) is 30.2 Å². The van der Waals surface area contributed by atoms with Crippen molar-refractivity contribution in [3.05, 3.63) is 30.1 Å². The fourth-order valence-electron chi connectivity index (χ4n) is 4.23. The van der Waals surface area contributed by atoms with Crippen LogP contribution in [0.15, 0.2) is 24.4 Å². The molecule has 3 nitrogen and oxygen atoms in total. The predicted octanol–water partition coefficient (Wildman–Crippen LogP) is 4.23. The van der Waals surface area contributed by atoms with Crippen LogP contribution in [0.2, 0.25) is 0 Å². The molecule has 2 aliphatic rings. The van der Waals surface area contributed by atoms with Crippen LogP contribution in [0.3, 0.4) is 0 Å². The lowest BCUT2D eigenvalue weighted by Gasteiger charge is -2.39. The van der Waals surface area contributed by atoms with Gasteiger partial charge in [0.2, 0.25) is 0 Å². The summed E-state index contributed by atoms with van der Waals surface area (Å²) in [5.41, 5.74) is 2.79. The zero-order valence-corrected chi connectivity index (χ0v) is 13.1. The maximum atomic E-state index is 6.20. The maximum absolute atomic E-state index is 6.20. The van der Waals surface area contributed by atoms with Gasteiger partial charge in [-0.15, -0.1) is 11.6 Å². The summed E-state index contributed by atoms with van der Waals surface area (Å²) >= 11 is 6.20. The molecule has 2 aromatic rings. The van der Waals surface area contributed by atoms with E-state index >= 15 is 0 Å². The number of aromatic nitrogens is 2. The van der Waals surface area contributed by atoms with Crippen LogP contribution in [0.1, 0.15) is 44.2 Å². The zero-order valence-electron chi connectivity index (χ0n) is 12.4. The largest absolute Gasteiger partial charge is 0.355 e. The van der Waals surface area contributed by atoms with Gasteiger partial charge < -0.3 is 9.30 Å². The fraction of sp³-hybridized carbons (Fsp3) is 0.588. The van der Waals surface area contributed by atoms with Crippen molar-refractivity contribution < 1.29 is 0 Å². The van der Waals surface area contributed by atoms with Gasteiger partial charge in [-0.3, -0.25) is 0 Å². The third-order valence-corrected chi connectivity index (χ3v) is 5.78. The molecule has 1 aliphatic heterocycles. The highest BCUT2D eigenvalue weighted by molar-refractivity contribution is 6.17. The Morgan fingerprint density at radius 1 is 1.10 bits per heavy atom. The Morgan fingerprint density at radius 2 is 1.86 bits per heavy atom. The summed E-state index contributed by atoms with van der Waals surface area (Å²) in [5.74, 6) is 1.62. The van der Waals surface area contributed by atoms with Gasteiger partial charge in [0.1, 0.15) is 5.65 Å². The van der Waals surface area contributed by atoms with Crippen LogP contribution in [0.25, 0.3) is 5.65 Å². The molecule has 4 heteroatoms. The molecule has 0 atom stereocenters. The number of rotatable bonds is 2. The van der Waals surface area contributed by atoms with Crippen LogP contribution in [0.5, 0.6) is 0 Å². The SMILES string of the molecule is ClCc1c(N2CCC3(CCCC3)CC2)nc2ccccn12. The standard InChI is InChI=1S/C17H22ClN3/c18-13-14-16(19-15-5-1-4-10-21(14)15)20-11-8-17(9-12-20)6-2-3-7-17/h1,4-5,10H,2-3,6-9,11-13H2. The smallest absolute Gasteiger partial charge is 0.152 e. The molecule has 1 saturated carbocycles. The molecule has 2 aromatic heterocycles. The Kier molecular flexibility index (Phi) is 3.33. The van der Waals surface area contributed by atoms with Gasteiger partial charge in [-0.1, -0.05) is 18.9 Å². The molecular formula is C17H22ClN3. The van der Waals surface area contributed by atoms with E-state index in [2.05, 4.69) is 21.6 Å². The van der Waals surface area contributed by atoms with E-state index in [0.29, 0.717) is 11.3 Å². The van der Waals surface area contributed by atoms with Gasteiger partial charge in [0, 0.05) is 19.3 Å². The van der Waals surface area contributed by atoms with Gasteiger partial charge in [0.05, 0.1) is 11.6 Å². The number of alkyl halides is 1. The van der Waals surface area contributed by atoms with Crippen molar-refractivity contribution >= 4 is 23.1 Å². The second-order valence-electron chi connectivity index (χ2n) is 6.64. The van der Waals surface area contributed by atoms with Crippen molar-refractivity contribution in [1.29, 1.82) is 0 Å². The van der Waals surface area contributed by atoms with Crippen LogP contribution in [-0.4, -0.2) is 22.5 Å². The minimum atomic E-state index is 0.516. The van der Waals surface area contributed by atoms with E-state index in [-0.39, 0.29) is 0 Å². The Morgan fingerprint density at radius 3 is 2.57 bits per heavy atom. The molecule has 0 bridgehead atoms. The molecule has 0 aromatic carbocycles. The lowest BCUT2D eigenvalue weighted by Crippen LogP contribution is -2.39. The normalized spacial score (nSPS) is 21.5. The van der Waals surface area contributed by atoms with E-state index in [1.165, 1.54) is 38.5 Å². The second kappa shape index (κ2) is 5.20. The maximum Gasteiger partial charge on any atom is 0.152 e. The first-order valence-electron chi connectivity index (χ1n) is 8.08. The number of hydrogen-bond acceptors (Lipinski definition) is 2. The van der Waals surface area contributed by atoms with Crippen molar-refractivity contribution in [3.8, 4) is 0 Å². The van der Waals surface area contributed by atoms with Gasteiger partial charge in [-0.25, -0.2) is 4.98 Å². The average Bonchev–Trinajstić information content (AvgIpc) is 3.12. The number of fused-ring (bicyclic) bond motifs is 1. The number of halogens is 1. The van der Waals surface area contributed by atoms with E-state index in [9.17, 15) is 0 Å². The summed E-state index contributed by atoms with van der Waals surface area (Å²) in [6, 6.07) is 6.13. The van der Waals surface area contributed by atoms with Crippen LogP contribution in [0, 0.1) is 5.41 Å². The monoisotopic (exact) mass is 303 g/mol. The van der Waals surface area contributed by atoms with Gasteiger partial charge in [-0.05, 0) is 43.2 Å².